The fourth-order valence-corrected chi connectivity index (χ4v) is 4.34. The molecule has 2 saturated heterocycles. The Morgan fingerprint density at radius 2 is 2.23 bits per heavy atom. The van der Waals surface area contributed by atoms with Gasteiger partial charge in [0.2, 0.25) is 5.91 Å². The topological polar surface area (TPSA) is 66.4 Å². The lowest BCUT2D eigenvalue weighted by Crippen LogP contribution is -2.51. The minimum absolute atomic E-state index is 0.0588. The molecule has 3 heterocycles. The molecule has 3 rings (SSSR count). The van der Waals surface area contributed by atoms with Crippen LogP contribution in [-0.4, -0.2) is 57.4 Å². The highest BCUT2D eigenvalue weighted by Crippen LogP contribution is 2.30. The van der Waals surface area contributed by atoms with Gasteiger partial charge in [-0.3, -0.25) is 9.59 Å². The second-order valence-corrected chi connectivity index (χ2v) is 6.92. The van der Waals surface area contributed by atoms with Crippen LogP contribution in [0.3, 0.4) is 0 Å². The molecule has 2 aliphatic heterocycles. The van der Waals surface area contributed by atoms with Crippen LogP contribution >= 0.6 is 11.5 Å². The van der Waals surface area contributed by atoms with Gasteiger partial charge in [0, 0.05) is 32.6 Å². The zero-order valence-corrected chi connectivity index (χ0v) is 13.9. The van der Waals surface area contributed by atoms with Gasteiger partial charge in [-0.1, -0.05) is 11.4 Å². The van der Waals surface area contributed by atoms with Crippen molar-refractivity contribution in [3.8, 4) is 0 Å². The average Bonchev–Trinajstić information content (AvgIpc) is 2.96. The van der Waals surface area contributed by atoms with Crippen LogP contribution in [0.5, 0.6) is 0 Å². The Bertz CT molecular complexity index is 574. The van der Waals surface area contributed by atoms with Crippen molar-refractivity contribution in [3.63, 3.8) is 0 Å². The van der Waals surface area contributed by atoms with Crippen LogP contribution in [0.4, 0.5) is 0 Å². The number of aromatic nitrogens is 2. The lowest BCUT2D eigenvalue weighted by atomic mass is 9.88. The molecule has 2 atom stereocenters. The van der Waals surface area contributed by atoms with E-state index in [9.17, 15) is 9.59 Å². The summed E-state index contributed by atoms with van der Waals surface area (Å²) in [7, 11) is 1.91. The largest absolute Gasteiger partial charge is 0.342 e. The Hall–Kier alpha value is -1.50. The van der Waals surface area contributed by atoms with E-state index in [-0.39, 0.29) is 17.9 Å². The summed E-state index contributed by atoms with van der Waals surface area (Å²) in [5, 5.41) is 4.04. The van der Waals surface area contributed by atoms with Crippen LogP contribution in [0.2, 0.25) is 0 Å². The molecule has 1 aromatic rings. The highest BCUT2D eigenvalue weighted by atomic mass is 32.1. The molecule has 0 bridgehead atoms. The predicted octanol–water partition coefficient (Wildman–Crippen LogP) is 1.57. The van der Waals surface area contributed by atoms with E-state index < -0.39 is 0 Å². The molecule has 7 heteroatoms. The Morgan fingerprint density at radius 1 is 1.41 bits per heavy atom. The maximum Gasteiger partial charge on any atom is 0.267 e. The summed E-state index contributed by atoms with van der Waals surface area (Å²) >= 11 is 1.19. The normalized spacial score (nSPS) is 25.8. The summed E-state index contributed by atoms with van der Waals surface area (Å²) in [4.78, 5) is 29.2. The molecule has 0 spiro atoms. The van der Waals surface area contributed by atoms with Crippen molar-refractivity contribution in [3.05, 3.63) is 10.6 Å². The number of nitrogens with zero attached hydrogens (tertiary/aromatic N) is 4. The molecule has 120 valence electrons. The first kappa shape index (κ1) is 15.4. The molecule has 22 heavy (non-hydrogen) atoms. The molecule has 6 nitrogen and oxygen atoms in total. The van der Waals surface area contributed by atoms with Crippen molar-refractivity contribution < 1.29 is 9.59 Å². The fourth-order valence-electron chi connectivity index (χ4n) is 3.62. The van der Waals surface area contributed by atoms with Gasteiger partial charge in [-0.25, -0.2) is 0 Å². The monoisotopic (exact) mass is 322 g/mol. The zero-order valence-electron chi connectivity index (χ0n) is 13.1. The van der Waals surface area contributed by atoms with Gasteiger partial charge in [-0.15, -0.1) is 5.10 Å². The zero-order chi connectivity index (χ0) is 15.7. The highest BCUT2D eigenvalue weighted by molar-refractivity contribution is 7.08. The first-order chi connectivity index (χ1) is 10.6. The summed E-state index contributed by atoms with van der Waals surface area (Å²) in [5.74, 6) is 0.691. The van der Waals surface area contributed by atoms with Crippen LogP contribution < -0.4 is 0 Å². The summed E-state index contributed by atoms with van der Waals surface area (Å²) in [5.41, 5.74) is 0.797. The summed E-state index contributed by atoms with van der Waals surface area (Å²) < 4.78 is 3.92. The van der Waals surface area contributed by atoms with Crippen LogP contribution in [0.25, 0.3) is 0 Å². The van der Waals surface area contributed by atoms with E-state index in [2.05, 4.69) is 9.59 Å². The summed E-state index contributed by atoms with van der Waals surface area (Å²) in [6.45, 7) is 3.44. The smallest absolute Gasteiger partial charge is 0.267 e. The maximum atomic E-state index is 12.7. The van der Waals surface area contributed by atoms with Crippen molar-refractivity contribution in [2.45, 2.75) is 45.1 Å². The predicted molar refractivity (Wildman–Crippen MR) is 83.7 cm³/mol. The van der Waals surface area contributed by atoms with Gasteiger partial charge in [0.25, 0.3) is 5.91 Å². The molecule has 0 saturated carbocycles. The Balaban J connectivity index is 1.74. The van der Waals surface area contributed by atoms with Crippen LogP contribution in [0.15, 0.2) is 0 Å². The number of piperidine rings is 1. The van der Waals surface area contributed by atoms with Crippen molar-refractivity contribution in [1.29, 1.82) is 0 Å². The Labute approximate surface area is 134 Å². The Kier molecular flexibility index (Phi) is 4.42. The molecule has 0 unspecified atom stereocenters. The number of amides is 2. The SMILES string of the molecule is CCc1nnsc1C(=O)N1CC[C@@H]2[C@@H](CCCC(=O)N2C)C1. The van der Waals surface area contributed by atoms with Gasteiger partial charge in [0.05, 0.1) is 5.69 Å². The van der Waals surface area contributed by atoms with Crippen molar-refractivity contribution in [1.82, 2.24) is 19.4 Å². The highest BCUT2D eigenvalue weighted by Gasteiger charge is 2.37. The number of aryl methyl sites for hydroxylation is 1. The van der Waals surface area contributed by atoms with Gasteiger partial charge < -0.3 is 9.80 Å². The number of carbonyl (C=O) groups excluding carboxylic acids is 2. The van der Waals surface area contributed by atoms with Crippen LogP contribution in [0.1, 0.15) is 48.0 Å². The molecule has 0 aromatic carbocycles. The van der Waals surface area contributed by atoms with E-state index in [1.54, 1.807) is 0 Å². The number of fused-ring (bicyclic) bond motifs is 1. The van der Waals surface area contributed by atoms with Crippen LogP contribution in [-0.2, 0) is 11.2 Å². The van der Waals surface area contributed by atoms with Gasteiger partial charge >= 0.3 is 0 Å². The molecule has 0 N–H and O–H groups in total. The number of rotatable bonds is 2. The fraction of sp³-hybridized carbons (Fsp3) is 0.733. The summed E-state index contributed by atoms with van der Waals surface area (Å²) in [6.07, 6.45) is 4.18. The third kappa shape index (κ3) is 2.74. The van der Waals surface area contributed by atoms with E-state index in [1.165, 1.54) is 11.5 Å². The molecular formula is C15H22N4O2S. The number of hydrogen-bond acceptors (Lipinski definition) is 5. The first-order valence-corrected chi connectivity index (χ1v) is 8.75. The second-order valence-electron chi connectivity index (χ2n) is 6.17. The number of hydrogen-bond donors (Lipinski definition) is 0. The van der Waals surface area contributed by atoms with Gasteiger partial charge in [0.1, 0.15) is 4.88 Å². The van der Waals surface area contributed by atoms with Crippen molar-refractivity contribution in [2.24, 2.45) is 5.92 Å². The third-order valence-electron chi connectivity index (χ3n) is 4.92. The Morgan fingerprint density at radius 3 is 3.00 bits per heavy atom. The standard InChI is InChI=1S/C15H22N4O2S/c1-3-11-14(22-17-16-11)15(21)19-8-7-12-10(9-19)5-4-6-13(20)18(12)2/h10,12H,3-9H2,1-2H3/t10-,12+/m0/s1. The lowest BCUT2D eigenvalue weighted by molar-refractivity contribution is -0.132. The van der Waals surface area contributed by atoms with Gasteiger partial charge in [0.15, 0.2) is 0 Å². The molecule has 0 radical (unpaired) electrons. The minimum atomic E-state index is 0.0588. The number of carbonyl (C=O) groups is 2. The van der Waals surface area contributed by atoms with E-state index >= 15 is 0 Å². The van der Waals surface area contributed by atoms with Crippen molar-refractivity contribution in [2.75, 3.05) is 20.1 Å². The molecular weight excluding hydrogens is 300 g/mol. The van der Waals surface area contributed by atoms with Gasteiger partial charge in [-0.05, 0) is 43.1 Å². The third-order valence-corrected chi connectivity index (χ3v) is 5.68. The average molecular weight is 322 g/mol. The number of likely N-dealkylation sites (tertiary alicyclic amines) is 2. The van der Waals surface area contributed by atoms with E-state index in [4.69, 9.17) is 0 Å². The summed E-state index contributed by atoms with van der Waals surface area (Å²) in [6, 6.07) is 0.282. The van der Waals surface area contributed by atoms with Gasteiger partial charge in [-0.2, -0.15) is 0 Å². The molecule has 2 aliphatic rings. The molecule has 1 aromatic heterocycles. The second kappa shape index (κ2) is 6.32. The first-order valence-electron chi connectivity index (χ1n) is 7.98. The maximum absolute atomic E-state index is 12.7. The van der Waals surface area contributed by atoms with Crippen molar-refractivity contribution >= 4 is 23.3 Å². The quantitative estimate of drug-likeness (QED) is 0.829. The molecule has 0 aliphatic carbocycles. The minimum Gasteiger partial charge on any atom is -0.342 e. The van der Waals surface area contributed by atoms with E-state index in [0.29, 0.717) is 23.8 Å². The van der Waals surface area contributed by atoms with E-state index in [0.717, 1.165) is 37.9 Å². The molecule has 2 fully saturated rings. The van der Waals surface area contributed by atoms with Crippen LogP contribution in [0, 0.1) is 5.92 Å². The van der Waals surface area contributed by atoms with E-state index in [1.807, 2.05) is 23.8 Å². The lowest BCUT2D eigenvalue weighted by Gasteiger charge is -2.41. The molecule has 2 amide bonds.